The van der Waals surface area contributed by atoms with E-state index in [1.807, 2.05) is 19.9 Å². The number of hydrogen-bond donors (Lipinski definition) is 1. The van der Waals surface area contributed by atoms with Crippen molar-refractivity contribution in [2.75, 3.05) is 4.72 Å². The van der Waals surface area contributed by atoms with E-state index in [0.717, 1.165) is 17.2 Å². The number of thiophene rings is 1. The predicted molar refractivity (Wildman–Crippen MR) is 71.0 cm³/mol. The fourth-order valence-electron chi connectivity index (χ4n) is 1.45. The minimum absolute atomic E-state index is 0.0294. The summed E-state index contributed by atoms with van der Waals surface area (Å²) >= 11 is 0.604. The van der Waals surface area contributed by atoms with Gasteiger partial charge in [0.05, 0.1) is 0 Å². The molecule has 0 aliphatic rings. The molecule has 6 heteroatoms. The van der Waals surface area contributed by atoms with E-state index in [0.29, 0.717) is 17.0 Å². The average molecular weight is 285 g/mol. The molecule has 1 aromatic carbocycles. The Morgan fingerprint density at radius 3 is 2.39 bits per heavy atom. The van der Waals surface area contributed by atoms with Crippen LogP contribution in [0.15, 0.2) is 34.5 Å². The standard InChI is InChI=1S/C12H12FNO2S2/c1-8-3-4-10(7-9(8)2)14-18(15,16)12-6-5-11(13)17-12/h3-7,14H,1-2H3. The Balaban J connectivity index is 2.30. The van der Waals surface area contributed by atoms with Gasteiger partial charge in [-0.1, -0.05) is 17.4 Å². The lowest BCUT2D eigenvalue weighted by molar-refractivity contribution is 0.603. The third kappa shape index (κ3) is 2.70. The van der Waals surface area contributed by atoms with Crippen LogP contribution in [0.2, 0.25) is 0 Å². The lowest BCUT2D eigenvalue weighted by atomic mass is 10.1. The van der Waals surface area contributed by atoms with Gasteiger partial charge in [-0.15, -0.1) is 0 Å². The zero-order chi connectivity index (χ0) is 13.3. The molecule has 96 valence electrons. The summed E-state index contributed by atoms with van der Waals surface area (Å²) in [5.74, 6) is 0. The lowest BCUT2D eigenvalue weighted by Gasteiger charge is -2.08. The highest BCUT2D eigenvalue weighted by Crippen LogP contribution is 2.23. The molecule has 0 unspecified atom stereocenters. The number of sulfonamides is 1. The highest BCUT2D eigenvalue weighted by molar-refractivity contribution is 7.94. The maximum Gasteiger partial charge on any atom is 0.271 e. The summed E-state index contributed by atoms with van der Waals surface area (Å²) in [6.07, 6.45) is 0. The molecule has 3 nitrogen and oxygen atoms in total. The van der Waals surface area contributed by atoms with Crippen molar-refractivity contribution in [2.24, 2.45) is 0 Å². The van der Waals surface area contributed by atoms with Crippen molar-refractivity contribution >= 4 is 27.0 Å². The molecule has 0 spiro atoms. The summed E-state index contributed by atoms with van der Waals surface area (Å²) < 4.78 is 39.1. The molecule has 0 aliphatic carbocycles. The largest absolute Gasteiger partial charge is 0.279 e. The van der Waals surface area contributed by atoms with Gasteiger partial charge in [0, 0.05) is 5.69 Å². The zero-order valence-corrected chi connectivity index (χ0v) is 11.5. The maximum atomic E-state index is 12.8. The van der Waals surface area contributed by atoms with Crippen LogP contribution in [-0.2, 0) is 10.0 Å². The summed E-state index contributed by atoms with van der Waals surface area (Å²) in [7, 11) is -3.69. The summed E-state index contributed by atoms with van der Waals surface area (Å²) in [4.78, 5) is 0. The third-order valence-electron chi connectivity index (χ3n) is 2.57. The molecule has 0 fully saturated rings. The molecule has 0 saturated carbocycles. The maximum absolute atomic E-state index is 12.8. The molecule has 0 bridgehead atoms. The van der Waals surface area contributed by atoms with Crippen LogP contribution in [0.1, 0.15) is 11.1 Å². The van der Waals surface area contributed by atoms with Crippen LogP contribution in [-0.4, -0.2) is 8.42 Å². The van der Waals surface area contributed by atoms with Crippen LogP contribution < -0.4 is 4.72 Å². The zero-order valence-electron chi connectivity index (χ0n) is 9.90. The second-order valence-corrected chi connectivity index (χ2v) is 6.91. The molecule has 18 heavy (non-hydrogen) atoms. The molecule has 0 aliphatic heterocycles. The van der Waals surface area contributed by atoms with E-state index in [9.17, 15) is 12.8 Å². The Labute approximate surface area is 109 Å². The second-order valence-electron chi connectivity index (χ2n) is 3.96. The van der Waals surface area contributed by atoms with Crippen molar-refractivity contribution in [1.82, 2.24) is 0 Å². The van der Waals surface area contributed by atoms with Crippen LogP contribution >= 0.6 is 11.3 Å². The van der Waals surface area contributed by atoms with Gasteiger partial charge >= 0.3 is 0 Å². The molecule has 1 aromatic heterocycles. The smallest absolute Gasteiger partial charge is 0.271 e. The molecule has 0 atom stereocenters. The van der Waals surface area contributed by atoms with Gasteiger partial charge in [-0.25, -0.2) is 8.42 Å². The van der Waals surface area contributed by atoms with E-state index in [1.165, 1.54) is 6.07 Å². The molecule has 0 amide bonds. The normalized spacial score (nSPS) is 11.5. The Hall–Kier alpha value is -1.40. The van der Waals surface area contributed by atoms with E-state index in [2.05, 4.69) is 4.72 Å². The minimum atomic E-state index is -3.69. The highest BCUT2D eigenvalue weighted by Gasteiger charge is 2.17. The van der Waals surface area contributed by atoms with Gasteiger partial charge in [-0.05, 0) is 49.2 Å². The average Bonchev–Trinajstić information content (AvgIpc) is 2.71. The van der Waals surface area contributed by atoms with Gasteiger partial charge in [-0.3, -0.25) is 4.72 Å². The van der Waals surface area contributed by atoms with E-state index in [4.69, 9.17) is 0 Å². The molecule has 0 radical (unpaired) electrons. The van der Waals surface area contributed by atoms with Crippen molar-refractivity contribution in [2.45, 2.75) is 18.1 Å². The van der Waals surface area contributed by atoms with Gasteiger partial charge in [0.1, 0.15) is 4.21 Å². The minimum Gasteiger partial charge on any atom is -0.279 e. The molecule has 1 N–H and O–H groups in total. The number of benzene rings is 1. The number of hydrogen-bond acceptors (Lipinski definition) is 3. The predicted octanol–water partition coefficient (Wildman–Crippen LogP) is 3.30. The summed E-state index contributed by atoms with van der Waals surface area (Å²) in [6.45, 7) is 3.85. The van der Waals surface area contributed by atoms with Crippen molar-refractivity contribution in [3.63, 3.8) is 0 Å². The van der Waals surface area contributed by atoms with Crippen molar-refractivity contribution in [1.29, 1.82) is 0 Å². The number of anilines is 1. The van der Waals surface area contributed by atoms with Gasteiger partial charge < -0.3 is 0 Å². The van der Waals surface area contributed by atoms with E-state index >= 15 is 0 Å². The first kappa shape index (κ1) is 13.0. The lowest BCUT2D eigenvalue weighted by Crippen LogP contribution is -2.11. The number of rotatable bonds is 3. The van der Waals surface area contributed by atoms with Crippen molar-refractivity contribution in [3.8, 4) is 0 Å². The molecular weight excluding hydrogens is 273 g/mol. The summed E-state index contributed by atoms with van der Waals surface area (Å²) in [5.41, 5.74) is 2.56. The first-order valence-electron chi connectivity index (χ1n) is 5.24. The van der Waals surface area contributed by atoms with Crippen LogP contribution in [0.5, 0.6) is 0 Å². The van der Waals surface area contributed by atoms with E-state index in [-0.39, 0.29) is 4.21 Å². The molecule has 2 rings (SSSR count). The fourth-order valence-corrected chi connectivity index (χ4v) is 3.50. The number of halogens is 1. The first-order chi connectivity index (χ1) is 8.38. The van der Waals surface area contributed by atoms with Gasteiger partial charge in [-0.2, -0.15) is 4.39 Å². The monoisotopic (exact) mass is 285 g/mol. The van der Waals surface area contributed by atoms with Crippen molar-refractivity contribution in [3.05, 3.63) is 46.6 Å². The SMILES string of the molecule is Cc1ccc(NS(=O)(=O)c2ccc(F)s2)cc1C. The quantitative estimate of drug-likeness (QED) is 0.940. The highest BCUT2D eigenvalue weighted by atomic mass is 32.2. The van der Waals surface area contributed by atoms with E-state index < -0.39 is 15.2 Å². The second kappa shape index (κ2) is 4.70. The van der Waals surface area contributed by atoms with Crippen LogP contribution in [0, 0.1) is 19.0 Å². The van der Waals surface area contributed by atoms with Gasteiger partial charge in [0.25, 0.3) is 10.0 Å². The summed E-state index contributed by atoms with van der Waals surface area (Å²) in [6, 6.07) is 7.66. The van der Waals surface area contributed by atoms with Gasteiger partial charge in [0.2, 0.25) is 0 Å². The number of aryl methyl sites for hydroxylation is 2. The first-order valence-corrected chi connectivity index (χ1v) is 7.54. The molecule has 1 heterocycles. The van der Waals surface area contributed by atoms with Crippen LogP contribution in [0.4, 0.5) is 10.1 Å². The molecule has 0 saturated heterocycles. The molecular formula is C12H12FNO2S2. The van der Waals surface area contributed by atoms with Crippen LogP contribution in [0.3, 0.4) is 0 Å². The van der Waals surface area contributed by atoms with Gasteiger partial charge in [0.15, 0.2) is 5.13 Å². The summed E-state index contributed by atoms with van der Waals surface area (Å²) in [5, 5.41) is -0.518. The van der Waals surface area contributed by atoms with Crippen molar-refractivity contribution < 1.29 is 12.8 Å². The fraction of sp³-hybridized carbons (Fsp3) is 0.167. The third-order valence-corrected chi connectivity index (χ3v) is 5.32. The topological polar surface area (TPSA) is 46.2 Å². The Morgan fingerprint density at radius 1 is 1.11 bits per heavy atom. The molecule has 2 aromatic rings. The Kier molecular flexibility index (Phi) is 3.41. The van der Waals surface area contributed by atoms with Crippen LogP contribution in [0.25, 0.3) is 0 Å². The van der Waals surface area contributed by atoms with E-state index in [1.54, 1.807) is 12.1 Å². The number of nitrogens with one attached hydrogen (secondary N) is 1. The Morgan fingerprint density at radius 2 is 1.83 bits per heavy atom. The Bertz CT molecular complexity index is 677.